The highest BCUT2D eigenvalue weighted by Crippen LogP contribution is 2.24. The minimum absolute atomic E-state index is 0.202. The number of rotatable bonds is 3. The second kappa shape index (κ2) is 6.97. The lowest BCUT2D eigenvalue weighted by Crippen LogP contribution is -2.17. The third kappa shape index (κ3) is 3.24. The number of thiazole rings is 1. The lowest BCUT2D eigenvalue weighted by Gasteiger charge is -2.09. The van der Waals surface area contributed by atoms with Gasteiger partial charge in [0, 0.05) is 23.1 Å². The monoisotopic (exact) mass is 336 g/mol. The third-order valence-corrected chi connectivity index (χ3v) is 4.85. The molecule has 0 saturated heterocycles. The molecular weight excluding hydrogens is 316 g/mol. The van der Waals surface area contributed by atoms with Crippen LogP contribution in [0.1, 0.15) is 28.4 Å². The summed E-state index contributed by atoms with van der Waals surface area (Å²) < 4.78 is 2.10. The highest BCUT2D eigenvalue weighted by molar-refractivity contribution is 7.07. The minimum Gasteiger partial charge on any atom is -0.317 e. The van der Waals surface area contributed by atoms with Gasteiger partial charge in [-0.05, 0) is 38.5 Å². The van der Waals surface area contributed by atoms with Crippen LogP contribution in [0.2, 0.25) is 0 Å². The van der Waals surface area contributed by atoms with Crippen LogP contribution in [0.5, 0.6) is 0 Å². The van der Waals surface area contributed by atoms with Crippen molar-refractivity contribution in [1.29, 1.82) is 0 Å². The SMILES string of the molecule is CCn1c(-c2ccc(C)cc2C)cs/c1=N/C(=O)c1ccccc1. The molecule has 0 spiro atoms. The predicted molar refractivity (Wildman–Crippen MR) is 99.2 cm³/mol. The molecule has 1 heterocycles. The smallest absolute Gasteiger partial charge is 0.279 e. The molecule has 0 aliphatic heterocycles. The van der Waals surface area contributed by atoms with Gasteiger partial charge in [0.05, 0.1) is 5.69 Å². The van der Waals surface area contributed by atoms with E-state index in [0.717, 1.165) is 17.0 Å². The fourth-order valence-corrected chi connectivity index (χ4v) is 3.73. The summed E-state index contributed by atoms with van der Waals surface area (Å²) in [5, 5.41) is 2.08. The Morgan fingerprint density at radius 3 is 2.54 bits per heavy atom. The zero-order chi connectivity index (χ0) is 17.1. The second-order valence-electron chi connectivity index (χ2n) is 5.75. The molecule has 0 unspecified atom stereocenters. The van der Waals surface area contributed by atoms with Crippen molar-refractivity contribution in [2.45, 2.75) is 27.3 Å². The molecule has 3 nitrogen and oxygen atoms in total. The Balaban J connectivity index is 2.07. The summed E-state index contributed by atoms with van der Waals surface area (Å²) in [6, 6.07) is 15.6. The second-order valence-corrected chi connectivity index (χ2v) is 6.59. The Kier molecular flexibility index (Phi) is 4.76. The average molecular weight is 336 g/mol. The number of amides is 1. The third-order valence-electron chi connectivity index (χ3n) is 3.99. The van der Waals surface area contributed by atoms with Crippen molar-refractivity contribution in [3.8, 4) is 11.3 Å². The van der Waals surface area contributed by atoms with E-state index in [0.29, 0.717) is 5.56 Å². The summed E-state index contributed by atoms with van der Waals surface area (Å²) in [4.78, 5) is 17.4. The fourth-order valence-electron chi connectivity index (χ4n) is 2.77. The first-order valence-electron chi connectivity index (χ1n) is 8.00. The standard InChI is InChI=1S/C20H20N2OS/c1-4-22-18(17-11-10-14(2)12-15(17)3)13-24-20(22)21-19(23)16-8-6-5-7-9-16/h5-13H,4H2,1-3H3/b21-20+. The van der Waals surface area contributed by atoms with E-state index in [1.165, 1.54) is 28.0 Å². The minimum atomic E-state index is -0.202. The zero-order valence-electron chi connectivity index (χ0n) is 14.1. The summed E-state index contributed by atoms with van der Waals surface area (Å²) in [7, 11) is 0. The molecule has 3 aromatic rings. The maximum Gasteiger partial charge on any atom is 0.279 e. The Labute approximate surface area is 145 Å². The van der Waals surface area contributed by atoms with Crippen molar-refractivity contribution in [2.75, 3.05) is 0 Å². The van der Waals surface area contributed by atoms with Gasteiger partial charge in [0.1, 0.15) is 0 Å². The van der Waals surface area contributed by atoms with E-state index in [1.54, 1.807) is 12.1 Å². The number of aromatic nitrogens is 1. The summed E-state index contributed by atoms with van der Waals surface area (Å²) in [6.45, 7) is 7.06. The summed E-state index contributed by atoms with van der Waals surface area (Å²) in [5.74, 6) is -0.202. The van der Waals surface area contributed by atoms with Gasteiger partial charge in [-0.1, -0.05) is 42.0 Å². The fraction of sp³-hybridized carbons (Fsp3) is 0.200. The molecule has 0 bridgehead atoms. The molecule has 4 heteroatoms. The molecule has 0 saturated carbocycles. The van der Waals surface area contributed by atoms with Gasteiger partial charge in [-0.3, -0.25) is 4.79 Å². The zero-order valence-corrected chi connectivity index (χ0v) is 14.9. The van der Waals surface area contributed by atoms with Crippen LogP contribution in [0.3, 0.4) is 0 Å². The Morgan fingerprint density at radius 1 is 1.12 bits per heavy atom. The number of carbonyl (C=O) groups is 1. The highest BCUT2D eigenvalue weighted by atomic mass is 32.1. The van der Waals surface area contributed by atoms with Gasteiger partial charge in [0.15, 0.2) is 4.80 Å². The molecular formula is C20H20N2OS. The number of aryl methyl sites for hydroxylation is 2. The van der Waals surface area contributed by atoms with E-state index < -0.39 is 0 Å². The predicted octanol–water partition coefficient (Wildman–Crippen LogP) is 4.59. The molecule has 0 aliphatic rings. The van der Waals surface area contributed by atoms with Crippen LogP contribution < -0.4 is 4.80 Å². The summed E-state index contributed by atoms with van der Waals surface area (Å²) >= 11 is 1.51. The van der Waals surface area contributed by atoms with Crippen molar-refractivity contribution >= 4 is 17.2 Å². The Hall–Kier alpha value is -2.46. The molecule has 1 amide bonds. The highest BCUT2D eigenvalue weighted by Gasteiger charge is 2.11. The van der Waals surface area contributed by atoms with Crippen LogP contribution in [0.4, 0.5) is 0 Å². The molecule has 0 atom stereocenters. The number of nitrogens with zero attached hydrogens (tertiary/aromatic N) is 2. The molecule has 0 radical (unpaired) electrons. The number of hydrogen-bond acceptors (Lipinski definition) is 2. The molecule has 2 aromatic carbocycles. The van der Waals surface area contributed by atoms with E-state index in [2.05, 4.69) is 53.9 Å². The molecule has 122 valence electrons. The normalized spacial score (nSPS) is 11.7. The maximum atomic E-state index is 12.4. The van der Waals surface area contributed by atoms with Gasteiger partial charge < -0.3 is 4.57 Å². The lowest BCUT2D eigenvalue weighted by atomic mass is 10.0. The van der Waals surface area contributed by atoms with Gasteiger partial charge in [0.25, 0.3) is 5.91 Å². The molecule has 0 N–H and O–H groups in total. The van der Waals surface area contributed by atoms with E-state index in [4.69, 9.17) is 0 Å². The van der Waals surface area contributed by atoms with Crippen LogP contribution >= 0.6 is 11.3 Å². The van der Waals surface area contributed by atoms with Gasteiger partial charge in [-0.25, -0.2) is 0 Å². The molecule has 3 rings (SSSR count). The van der Waals surface area contributed by atoms with Crippen molar-refractivity contribution in [3.05, 3.63) is 75.4 Å². The average Bonchev–Trinajstić information content (AvgIpc) is 2.98. The van der Waals surface area contributed by atoms with E-state index >= 15 is 0 Å². The van der Waals surface area contributed by atoms with E-state index in [1.807, 2.05) is 18.2 Å². The molecule has 24 heavy (non-hydrogen) atoms. The number of benzene rings is 2. The Morgan fingerprint density at radius 2 is 1.88 bits per heavy atom. The first-order chi connectivity index (χ1) is 11.6. The number of hydrogen-bond donors (Lipinski definition) is 0. The van der Waals surface area contributed by atoms with E-state index in [-0.39, 0.29) is 5.91 Å². The number of carbonyl (C=O) groups excluding carboxylic acids is 1. The molecule has 0 aliphatic carbocycles. The van der Waals surface area contributed by atoms with Crippen LogP contribution in [0.15, 0.2) is 58.9 Å². The first kappa shape index (κ1) is 16.4. The maximum absolute atomic E-state index is 12.4. The summed E-state index contributed by atoms with van der Waals surface area (Å²) in [6.07, 6.45) is 0. The van der Waals surface area contributed by atoms with Crippen molar-refractivity contribution in [3.63, 3.8) is 0 Å². The van der Waals surface area contributed by atoms with Gasteiger partial charge >= 0.3 is 0 Å². The van der Waals surface area contributed by atoms with Crippen molar-refractivity contribution in [1.82, 2.24) is 4.57 Å². The largest absolute Gasteiger partial charge is 0.317 e. The first-order valence-corrected chi connectivity index (χ1v) is 8.88. The van der Waals surface area contributed by atoms with Gasteiger partial charge in [-0.2, -0.15) is 4.99 Å². The Bertz CT molecular complexity index is 936. The van der Waals surface area contributed by atoms with Crippen molar-refractivity contribution in [2.24, 2.45) is 4.99 Å². The topological polar surface area (TPSA) is 34.4 Å². The molecule has 0 fully saturated rings. The van der Waals surface area contributed by atoms with Gasteiger partial charge in [0.2, 0.25) is 0 Å². The lowest BCUT2D eigenvalue weighted by molar-refractivity contribution is 0.0998. The van der Waals surface area contributed by atoms with Crippen LogP contribution in [-0.2, 0) is 6.54 Å². The van der Waals surface area contributed by atoms with Crippen LogP contribution in [0.25, 0.3) is 11.3 Å². The molecule has 1 aromatic heterocycles. The van der Waals surface area contributed by atoms with Crippen molar-refractivity contribution < 1.29 is 4.79 Å². The van der Waals surface area contributed by atoms with Crippen LogP contribution in [0, 0.1) is 13.8 Å². The summed E-state index contributed by atoms with van der Waals surface area (Å²) in [5.41, 5.74) is 5.39. The quantitative estimate of drug-likeness (QED) is 0.688. The van der Waals surface area contributed by atoms with Gasteiger partial charge in [-0.15, -0.1) is 11.3 Å². The van der Waals surface area contributed by atoms with E-state index in [9.17, 15) is 4.79 Å². The van der Waals surface area contributed by atoms with Crippen LogP contribution in [-0.4, -0.2) is 10.5 Å².